The third kappa shape index (κ3) is 4.25. The average molecular weight is 269 g/mol. The molecule has 0 bridgehead atoms. The number of rotatable bonds is 6. The second-order valence-corrected chi connectivity index (χ2v) is 5.07. The molecule has 2 unspecified atom stereocenters. The minimum absolute atomic E-state index is 0.129. The van der Waals surface area contributed by atoms with Crippen LogP contribution in [0.25, 0.3) is 0 Å². The van der Waals surface area contributed by atoms with Gasteiger partial charge in [-0.2, -0.15) is 0 Å². The van der Waals surface area contributed by atoms with E-state index in [0.717, 1.165) is 38.5 Å². The first-order valence-electron chi connectivity index (χ1n) is 6.98. The Labute approximate surface area is 113 Å². The molecule has 0 aromatic heterocycles. The fourth-order valence-corrected chi connectivity index (χ4v) is 2.64. The van der Waals surface area contributed by atoms with E-state index in [2.05, 4.69) is 5.32 Å². The first-order chi connectivity index (χ1) is 9.19. The van der Waals surface area contributed by atoms with Gasteiger partial charge in [-0.15, -0.1) is 0 Å². The summed E-state index contributed by atoms with van der Waals surface area (Å²) in [6.45, 7) is 3.65. The summed E-state index contributed by atoms with van der Waals surface area (Å²) in [4.78, 5) is 0. The van der Waals surface area contributed by atoms with Gasteiger partial charge in [-0.25, -0.2) is 8.78 Å². The number of halogens is 2. The molecule has 0 amide bonds. The third-order valence-corrected chi connectivity index (χ3v) is 3.54. The third-order valence-electron chi connectivity index (χ3n) is 3.54. The molecule has 1 aromatic carbocycles. The van der Waals surface area contributed by atoms with Gasteiger partial charge >= 0.3 is 0 Å². The van der Waals surface area contributed by atoms with Crippen molar-refractivity contribution in [3.8, 4) is 0 Å². The van der Waals surface area contributed by atoms with Gasteiger partial charge in [0.2, 0.25) is 0 Å². The fraction of sp³-hybridized carbons (Fsp3) is 0.600. The van der Waals surface area contributed by atoms with E-state index in [1.54, 1.807) is 0 Å². The predicted octanol–water partition coefficient (Wildman–Crippen LogP) is 3.05. The molecule has 1 saturated heterocycles. The molecule has 1 heterocycles. The standard InChI is InChI=1S/C15H21F2NO/c1-2-18-13(10-14-4-3-7-19-14)9-11-8-12(16)5-6-15(11)17/h5-6,8,13-14,18H,2-4,7,9-10H2,1H3. The van der Waals surface area contributed by atoms with Crippen molar-refractivity contribution >= 4 is 0 Å². The lowest BCUT2D eigenvalue weighted by Gasteiger charge is -2.21. The van der Waals surface area contributed by atoms with Crippen molar-refractivity contribution in [2.75, 3.05) is 13.2 Å². The van der Waals surface area contributed by atoms with Crippen LogP contribution in [-0.4, -0.2) is 25.3 Å². The average Bonchev–Trinajstić information content (AvgIpc) is 2.87. The minimum atomic E-state index is -0.385. The van der Waals surface area contributed by atoms with E-state index in [1.165, 1.54) is 12.1 Å². The Kier molecular flexibility index (Phi) is 5.28. The van der Waals surface area contributed by atoms with Crippen LogP contribution in [0.5, 0.6) is 0 Å². The van der Waals surface area contributed by atoms with Gasteiger partial charge in [0.25, 0.3) is 0 Å². The molecule has 1 fully saturated rings. The second-order valence-electron chi connectivity index (χ2n) is 5.07. The molecule has 2 atom stereocenters. The number of nitrogens with one attached hydrogen (secondary N) is 1. The predicted molar refractivity (Wildman–Crippen MR) is 71.1 cm³/mol. The Balaban J connectivity index is 2.00. The van der Waals surface area contributed by atoms with Gasteiger partial charge in [0.1, 0.15) is 11.6 Å². The van der Waals surface area contributed by atoms with Crippen molar-refractivity contribution in [2.24, 2.45) is 0 Å². The SMILES string of the molecule is CCNC(Cc1cc(F)ccc1F)CC1CCCO1. The van der Waals surface area contributed by atoms with Crippen molar-refractivity contribution in [3.63, 3.8) is 0 Å². The Morgan fingerprint density at radius 3 is 2.95 bits per heavy atom. The van der Waals surface area contributed by atoms with Crippen LogP contribution < -0.4 is 5.32 Å². The molecule has 2 nitrogen and oxygen atoms in total. The van der Waals surface area contributed by atoms with E-state index in [-0.39, 0.29) is 23.8 Å². The first kappa shape index (κ1) is 14.4. The first-order valence-corrected chi connectivity index (χ1v) is 6.98. The summed E-state index contributed by atoms with van der Waals surface area (Å²) in [5.74, 6) is -0.722. The molecular formula is C15H21F2NO. The van der Waals surface area contributed by atoms with Crippen LogP contribution in [0.3, 0.4) is 0 Å². The summed E-state index contributed by atoms with van der Waals surface area (Å²) in [6.07, 6.45) is 3.76. The van der Waals surface area contributed by atoms with E-state index in [1.807, 2.05) is 6.92 Å². The number of hydrogen-bond acceptors (Lipinski definition) is 2. The highest BCUT2D eigenvalue weighted by atomic mass is 19.1. The van der Waals surface area contributed by atoms with Gasteiger partial charge in [0.05, 0.1) is 6.10 Å². The van der Waals surface area contributed by atoms with E-state index < -0.39 is 0 Å². The van der Waals surface area contributed by atoms with Gasteiger partial charge in [0, 0.05) is 12.6 Å². The topological polar surface area (TPSA) is 21.3 Å². The zero-order chi connectivity index (χ0) is 13.7. The smallest absolute Gasteiger partial charge is 0.126 e. The van der Waals surface area contributed by atoms with Crippen molar-refractivity contribution < 1.29 is 13.5 Å². The summed E-state index contributed by atoms with van der Waals surface area (Å²) >= 11 is 0. The fourth-order valence-electron chi connectivity index (χ4n) is 2.64. The molecule has 0 aliphatic carbocycles. The lowest BCUT2D eigenvalue weighted by atomic mass is 9.99. The van der Waals surface area contributed by atoms with Gasteiger partial charge in [-0.1, -0.05) is 6.92 Å². The molecule has 1 N–H and O–H groups in total. The molecule has 2 rings (SSSR count). The molecule has 1 aliphatic rings. The summed E-state index contributed by atoms with van der Waals surface area (Å²) in [5, 5.41) is 3.34. The van der Waals surface area contributed by atoms with Crippen LogP contribution in [0.4, 0.5) is 8.78 Å². The molecule has 4 heteroatoms. The summed E-state index contributed by atoms with van der Waals surface area (Å²) in [6, 6.07) is 3.76. The van der Waals surface area contributed by atoms with E-state index in [4.69, 9.17) is 4.74 Å². The zero-order valence-electron chi connectivity index (χ0n) is 11.3. The van der Waals surface area contributed by atoms with Gasteiger partial charge in [-0.3, -0.25) is 0 Å². The highest BCUT2D eigenvalue weighted by Gasteiger charge is 2.21. The lowest BCUT2D eigenvalue weighted by Crippen LogP contribution is -2.34. The van der Waals surface area contributed by atoms with E-state index >= 15 is 0 Å². The van der Waals surface area contributed by atoms with Crippen LogP contribution in [0, 0.1) is 11.6 Å². The van der Waals surface area contributed by atoms with Crippen molar-refractivity contribution in [2.45, 2.75) is 44.8 Å². The van der Waals surface area contributed by atoms with Crippen LogP contribution in [0.15, 0.2) is 18.2 Å². The minimum Gasteiger partial charge on any atom is -0.378 e. The van der Waals surface area contributed by atoms with Gasteiger partial charge in [-0.05, 0) is 56.0 Å². The maximum Gasteiger partial charge on any atom is 0.126 e. The van der Waals surface area contributed by atoms with Crippen LogP contribution in [0.2, 0.25) is 0 Å². The quantitative estimate of drug-likeness (QED) is 0.857. The molecular weight excluding hydrogens is 248 g/mol. The molecule has 1 aliphatic heterocycles. The maximum atomic E-state index is 13.7. The Morgan fingerprint density at radius 1 is 1.42 bits per heavy atom. The van der Waals surface area contributed by atoms with Crippen LogP contribution in [-0.2, 0) is 11.2 Å². The highest BCUT2D eigenvalue weighted by molar-refractivity contribution is 5.19. The van der Waals surface area contributed by atoms with Crippen molar-refractivity contribution in [1.82, 2.24) is 5.32 Å². The summed E-state index contributed by atoms with van der Waals surface area (Å²) < 4.78 is 32.4. The van der Waals surface area contributed by atoms with E-state index in [9.17, 15) is 8.78 Å². The van der Waals surface area contributed by atoms with Crippen LogP contribution in [0.1, 0.15) is 31.7 Å². The molecule has 1 aromatic rings. The summed E-state index contributed by atoms with van der Waals surface area (Å²) in [5.41, 5.74) is 0.434. The number of hydrogen-bond donors (Lipinski definition) is 1. The molecule has 0 saturated carbocycles. The molecule has 0 spiro atoms. The Morgan fingerprint density at radius 2 is 2.26 bits per heavy atom. The number of likely N-dealkylation sites (N-methyl/N-ethyl adjacent to an activating group) is 1. The molecule has 0 radical (unpaired) electrons. The number of benzene rings is 1. The van der Waals surface area contributed by atoms with Gasteiger partial charge in [0.15, 0.2) is 0 Å². The monoisotopic (exact) mass is 269 g/mol. The Hall–Kier alpha value is -1.00. The highest BCUT2D eigenvalue weighted by Crippen LogP contribution is 2.20. The second kappa shape index (κ2) is 6.96. The largest absolute Gasteiger partial charge is 0.378 e. The Bertz CT molecular complexity index is 405. The van der Waals surface area contributed by atoms with Crippen LogP contribution >= 0.6 is 0 Å². The molecule has 19 heavy (non-hydrogen) atoms. The number of ether oxygens (including phenoxy) is 1. The zero-order valence-corrected chi connectivity index (χ0v) is 11.3. The van der Waals surface area contributed by atoms with Crippen molar-refractivity contribution in [3.05, 3.63) is 35.4 Å². The van der Waals surface area contributed by atoms with E-state index in [0.29, 0.717) is 12.0 Å². The van der Waals surface area contributed by atoms with Gasteiger partial charge < -0.3 is 10.1 Å². The normalized spacial score (nSPS) is 20.7. The lowest BCUT2D eigenvalue weighted by molar-refractivity contribution is 0.0946. The van der Waals surface area contributed by atoms with Crippen molar-refractivity contribution in [1.29, 1.82) is 0 Å². The maximum absolute atomic E-state index is 13.7. The summed E-state index contributed by atoms with van der Waals surface area (Å²) in [7, 11) is 0. The molecule has 106 valence electrons.